The lowest BCUT2D eigenvalue weighted by Gasteiger charge is -2.37. The second-order valence-corrected chi connectivity index (χ2v) is 5.85. The zero-order valence-electron chi connectivity index (χ0n) is 13.2. The first-order chi connectivity index (χ1) is 11.8. The Morgan fingerprint density at radius 3 is 1.81 bits per heavy atom. The van der Waals surface area contributed by atoms with E-state index in [1.54, 1.807) is 0 Å². The summed E-state index contributed by atoms with van der Waals surface area (Å²) in [6, 6.07) is 1.47. The fourth-order valence-electron chi connectivity index (χ4n) is 1.72. The zero-order valence-corrected chi connectivity index (χ0v) is 13.9. The summed E-state index contributed by atoms with van der Waals surface area (Å²) in [5.74, 6) is -36.8. The first-order valence-corrected chi connectivity index (χ1v) is 7.01. The molecule has 3 nitrogen and oxygen atoms in total. The molecule has 0 fully saturated rings. The van der Waals surface area contributed by atoms with Gasteiger partial charge < -0.3 is 5.32 Å². The molecule has 27 heavy (non-hydrogen) atoms. The molecule has 0 aliphatic rings. The lowest BCUT2D eigenvalue weighted by atomic mass is 9.94. The summed E-state index contributed by atoms with van der Waals surface area (Å²) in [4.78, 5) is 14.9. The minimum Gasteiger partial charge on any atom is -0.320 e. The number of pyridine rings is 1. The van der Waals surface area contributed by atoms with Crippen molar-refractivity contribution in [2.75, 3.05) is 5.32 Å². The van der Waals surface area contributed by atoms with Crippen LogP contribution in [0.5, 0.6) is 0 Å². The van der Waals surface area contributed by atoms with Gasteiger partial charge in [0.15, 0.2) is 0 Å². The van der Waals surface area contributed by atoms with Crippen LogP contribution in [0.1, 0.15) is 12.6 Å². The topological polar surface area (TPSA) is 42.0 Å². The molecule has 1 amide bonds. The van der Waals surface area contributed by atoms with Gasteiger partial charge in [-0.3, -0.25) is 4.79 Å². The van der Waals surface area contributed by atoms with Crippen molar-refractivity contribution < 1.29 is 48.7 Å². The van der Waals surface area contributed by atoms with Crippen LogP contribution in [-0.4, -0.2) is 40.5 Å². The maximum Gasteiger partial charge on any atom is 0.393 e. The van der Waals surface area contributed by atoms with Crippen molar-refractivity contribution in [2.24, 2.45) is 0 Å². The SMILES string of the molecule is Cc1cc(NC(=O)C(F)(F)C(F)(F)C(F)(F)C(F)(F)C(C)(F)F)cc(Cl)n1. The Kier molecular flexibility index (Phi) is 5.75. The average molecular weight is 435 g/mol. The molecular formula is C13H9ClF10N2O. The van der Waals surface area contributed by atoms with Crippen LogP contribution in [0.15, 0.2) is 12.1 Å². The van der Waals surface area contributed by atoms with E-state index in [4.69, 9.17) is 11.6 Å². The number of amides is 1. The lowest BCUT2D eigenvalue weighted by molar-refractivity contribution is -0.391. The standard InChI is InChI=1S/C13H9ClF10N2O/c1-5-3-6(4-7(14)25-5)26-8(27)10(17,18)12(21,22)13(23,24)11(19,20)9(2,15)16/h3-4H,1-2H3,(H,25,26,27). The van der Waals surface area contributed by atoms with E-state index in [0.29, 0.717) is 6.07 Å². The first kappa shape index (κ1) is 23.2. The van der Waals surface area contributed by atoms with E-state index in [9.17, 15) is 48.7 Å². The molecule has 1 aromatic heterocycles. The van der Waals surface area contributed by atoms with E-state index in [2.05, 4.69) is 4.98 Å². The second-order valence-electron chi connectivity index (χ2n) is 5.46. The van der Waals surface area contributed by atoms with Gasteiger partial charge in [-0.25, -0.2) is 4.98 Å². The number of nitrogens with zero attached hydrogens (tertiary/aromatic N) is 1. The maximum atomic E-state index is 13.6. The Morgan fingerprint density at radius 2 is 1.41 bits per heavy atom. The minimum absolute atomic E-state index is 0.0182. The summed E-state index contributed by atoms with van der Waals surface area (Å²) in [6.07, 6.45) is 0. The van der Waals surface area contributed by atoms with Crippen molar-refractivity contribution >= 4 is 23.2 Å². The Morgan fingerprint density at radius 1 is 0.926 bits per heavy atom. The predicted octanol–water partition coefficient (Wildman–Crippen LogP) is 5.18. The van der Waals surface area contributed by atoms with Crippen molar-refractivity contribution in [3.63, 3.8) is 0 Å². The van der Waals surface area contributed by atoms with Gasteiger partial charge in [0.25, 0.3) is 0 Å². The Bertz CT molecular complexity index is 712. The van der Waals surface area contributed by atoms with Gasteiger partial charge in [0.1, 0.15) is 5.15 Å². The van der Waals surface area contributed by atoms with Gasteiger partial charge in [0.05, 0.1) is 0 Å². The molecule has 1 aromatic rings. The minimum atomic E-state index is -7.29. The maximum absolute atomic E-state index is 13.6. The highest BCUT2D eigenvalue weighted by atomic mass is 35.5. The number of hydrogen-bond acceptors (Lipinski definition) is 2. The summed E-state index contributed by atoms with van der Waals surface area (Å²) in [5, 5.41) is 0.659. The van der Waals surface area contributed by atoms with E-state index in [-0.39, 0.29) is 5.69 Å². The summed E-state index contributed by atoms with van der Waals surface area (Å²) in [5.41, 5.74) is -0.723. The van der Waals surface area contributed by atoms with Crippen LogP contribution in [0.2, 0.25) is 5.15 Å². The molecule has 14 heteroatoms. The molecule has 0 unspecified atom stereocenters. The van der Waals surface area contributed by atoms with Gasteiger partial charge in [-0.15, -0.1) is 0 Å². The summed E-state index contributed by atoms with van der Waals surface area (Å²) in [7, 11) is 0. The van der Waals surface area contributed by atoms with E-state index in [0.717, 1.165) is 11.4 Å². The molecule has 0 bridgehead atoms. The van der Waals surface area contributed by atoms with Crippen LogP contribution >= 0.6 is 11.6 Å². The second kappa shape index (κ2) is 6.67. The average Bonchev–Trinajstić information content (AvgIpc) is 2.44. The predicted molar refractivity (Wildman–Crippen MR) is 73.0 cm³/mol. The molecule has 0 saturated heterocycles. The van der Waals surface area contributed by atoms with Gasteiger partial charge in [-0.2, -0.15) is 43.9 Å². The van der Waals surface area contributed by atoms with Gasteiger partial charge in [-0.05, 0) is 19.1 Å². The summed E-state index contributed by atoms with van der Waals surface area (Å²) in [6.45, 7) is 0.364. The fourth-order valence-corrected chi connectivity index (χ4v) is 1.97. The third kappa shape index (κ3) is 3.78. The lowest BCUT2D eigenvalue weighted by Crippen LogP contribution is -2.68. The van der Waals surface area contributed by atoms with Crippen molar-refractivity contribution in [3.05, 3.63) is 23.0 Å². The van der Waals surface area contributed by atoms with Crippen LogP contribution in [0.4, 0.5) is 49.6 Å². The Hall–Kier alpha value is -1.79. The van der Waals surface area contributed by atoms with Crippen molar-refractivity contribution in [3.8, 4) is 0 Å². The van der Waals surface area contributed by atoms with Crippen molar-refractivity contribution in [2.45, 2.75) is 43.5 Å². The molecule has 1 heterocycles. The third-order valence-corrected chi connectivity index (χ3v) is 3.39. The zero-order chi connectivity index (χ0) is 21.6. The molecule has 154 valence electrons. The molecule has 1 N–H and O–H groups in total. The number of halogens is 11. The van der Waals surface area contributed by atoms with Crippen molar-refractivity contribution in [1.29, 1.82) is 0 Å². The quantitative estimate of drug-likeness (QED) is 0.495. The van der Waals surface area contributed by atoms with Gasteiger partial charge in [-0.1, -0.05) is 11.6 Å². The number of hydrogen-bond donors (Lipinski definition) is 1. The number of rotatable bonds is 6. The summed E-state index contributed by atoms with van der Waals surface area (Å²) < 4.78 is 132. The number of aryl methyl sites for hydroxylation is 1. The largest absolute Gasteiger partial charge is 0.393 e. The number of aromatic nitrogens is 1. The van der Waals surface area contributed by atoms with E-state index >= 15 is 0 Å². The van der Waals surface area contributed by atoms with Crippen LogP contribution in [0, 0.1) is 6.92 Å². The van der Waals surface area contributed by atoms with E-state index in [1.165, 1.54) is 6.92 Å². The molecular weight excluding hydrogens is 426 g/mol. The fraction of sp³-hybridized carbons (Fsp3) is 0.538. The van der Waals surface area contributed by atoms with Gasteiger partial charge in [0.2, 0.25) is 0 Å². The summed E-state index contributed by atoms with van der Waals surface area (Å²) >= 11 is 5.42. The number of carbonyl (C=O) groups excluding carboxylic acids is 1. The molecule has 0 atom stereocenters. The monoisotopic (exact) mass is 434 g/mol. The molecule has 0 saturated carbocycles. The van der Waals surface area contributed by atoms with Crippen molar-refractivity contribution in [1.82, 2.24) is 4.98 Å². The smallest absolute Gasteiger partial charge is 0.320 e. The molecule has 1 rings (SSSR count). The number of nitrogens with one attached hydrogen (secondary N) is 1. The van der Waals surface area contributed by atoms with Gasteiger partial charge >= 0.3 is 35.5 Å². The molecule has 0 radical (unpaired) electrons. The number of carbonyl (C=O) groups is 1. The third-order valence-electron chi connectivity index (χ3n) is 3.20. The first-order valence-electron chi connectivity index (χ1n) is 6.63. The highest BCUT2D eigenvalue weighted by Crippen LogP contribution is 2.56. The highest BCUT2D eigenvalue weighted by molar-refractivity contribution is 6.29. The van der Waals surface area contributed by atoms with Crippen LogP contribution in [0.3, 0.4) is 0 Å². The van der Waals surface area contributed by atoms with Crippen LogP contribution in [-0.2, 0) is 4.79 Å². The molecule has 0 aliphatic carbocycles. The van der Waals surface area contributed by atoms with Gasteiger partial charge in [0, 0.05) is 18.3 Å². The Balaban J connectivity index is 3.31. The highest BCUT2D eigenvalue weighted by Gasteiger charge is 2.86. The van der Waals surface area contributed by atoms with E-state index in [1.807, 2.05) is 0 Å². The molecule has 0 aliphatic heterocycles. The van der Waals surface area contributed by atoms with Crippen LogP contribution < -0.4 is 5.32 Å². The number of anilines is 1. The molecule has 0 spiro atoms. The van der Waals surface area contributed by atoms with E-state index < -0.39 is 53.3 Å². The Labute approximate surface area is 149 Å². The number of alkyl halides is 10. The van der Waals surface area contributed by atoms with Crippen LogP contribution in [0.25, 0.3) is 0 Å². The molecule has 0 aromatic carbocycles. The normalized spacial score (nSPS) is 14.3.